The predicted molar refractivity (Wildman–Crippen MR) is 115 cm³/mol. The first kappa shape index (κ1) is 19.7. The monoisotopic (exact) mass is 409 g/mol. The Morgan fingerprint density at radius 1 is 0.931 bits per heavy atom. The molecule has 0 aromatic heterocycles. The molecular formula is C22H23N3O3S. The molecule has 2 aliphatic rings. The predicted octanol–water partition coefficient (Wildman–Crippen LogP) is 3.14. The van der Waals surface area contributed by atoms with Crippen molar-refractivity contribution < 1.29 is 14.4 Å². The summed E-state index contributed by atoms with van der Waals surface area (Å²) >= 11 is 1.97. The summed E-state index contributed by atoms with van der Waals surface area (Å²) in [4.78, 5) is 40.1. The number of carbonyl (C=O) groups is 3. The molecule has 0 unspecified atom stereocenters. The zero-order valence-electron chi connectivity index (χ0n) is 16.1. The second-order valence-electron chi connectivity index (χ2n) is 7.17. The van der Waals surface area contributed by atoms with Crippen molar-refractivity contribution in [2.75, 3.05) is 34.8 Å². The third-order valence-corrected chi connectivity index (χ3v) is 6.14. The number of hydrogen-bond donors (Lipinski definition) is 1. The molecule has 0 atom stereocenters. The molecule has 0 spiro atoms. The van der Waals surface area contributed by atoms with Gasteiger partial charge >= 0.3 is 0 Å². The van der Waals surface area contributed by atoms with E-state index in [0.29, 0.717) is 11.3 Å². The summed E-state index contributed by atoms with van der Waals surface area (Å²) in [6.45, 7) is 2.93. The van der Waals surface area contributed by atoms with Crippen LogP contribution in [0.2, 0.25) is 0 Å². The molecule has 1 N–H and O–H groups in total. The smallest absolute Gasteiger partial charge is 0.255 e. The highest BCUT2D eigenvalue weighted by Gasteiger charge is 2.30. The van der Waals surface area contributed by atoms with Crippen molar-refractivity contribution in [3.63, 3.8) is 0 Å². The number of rotatable bonds is 5. The van der Waals surface area contributed by atoms with Gasteiger partial charge in [-0.1, -0.05) is 18.2 Å². The largest absolute Gasteiger partial charge is 0.322 e. The van der Waals surface area contributed by atoms with E-state index in [1.807, 2.05) is 36.0 Å². The number of thioether (sulfide) groups is 1. The Hall–Kier alpha value is -2.64. The minimum absolute atomic E-state index is 0.197. The fraction of sp³-hybridized carbons (Fsp3) is 0.318. The Bertz CT molecular complexity index is 907. The van der Waals surface area contributed by atoms with E-state index in [1.54, 1.807) is 24.3 Å². The van der Waals surface area contributed by atoms with Crippen LogP contribution in [0.15, 0.2) is 48.5 Å². The van der Waals surface area contributed by atoms with Crippen LogP contribution < -0.4 is 10.2 Å². The van der Waals surface area contributed by atoms with E-state index in [9.17, 15) is 14.4 Å². The number of anilines is 2. The topological polar surface area (TPSA) is 69.7 Å². The molecule has 29 heavy (non-hydrogen) atoms. The first-order valence-corrected chi connectivity index (χ1v) is 10.9. The molecule has 2 aromatic rings. The van der Waals surface area contributed by atoms with Crippen molar-refractivity contribution in [2.45, 2.75) is 19.4 Å². The van der Waals surface area contributed by atoms with Crippen molar-refractivity contribution in [1.29, 1.82) is 0 Å². The highest BCUT2D eigenvalue weighted by atomic mass is 32.2. The first-order valence-electron chi connectivity index (χ1n) is 9.77. The summed E-state index contributed by atoms with van der Waals surface area (Å²) in [7, 11) is 0. The van der Waals surface area contributed by atoms with Crippen LogP contribution in [0, 0.1) is 0 Å². The van der Waals surface area contributed by atoms with E-state index < -0.39 is 0 Å². The second-order valence-corrected chi connectivity index (χ2v) is 8.39. The molecule has 0 radical (unpaired) electrons. The molecule has 150 valence electrons. The van der Waals surface area contributed by atoms with Crippen molar-refractivity contribution in [2.24, 2.45) is 0 Å². The van der Waals surface area contributed by atoms with Crippen LogP contribution in [-0.2, 0) is 16.1 Å². The summed E-state index contributed by atoms with van der Waals surface area (Å²) < 4.78 is 0. The lowest BCUT2D eigenvalue weighted by atomic mass is 10.1. The fourth-order valence-electron chi connectivity index (χ4n) is 3.60. The van der Waals surface area contributed by atoms with E-state index in [0.717, 1.165) is 42.4 Å². The average Bonchev–Trinajstić information content (AvgIpc) is 3.08. The normalized spacial score (nSPS) is 17.6. The molecule has 0 saturated carbocycles. The lowest BCUT2D eigenvalue weighted by Crippen LogP contribution is -2.32. The molecule has 2 saturated heterocycles. The summed E-state index contributed by atoms with van der Waals surface area (Å²) in [5, 5.41) is 3.00. The van der Waals surface area contributed by atoms with Crippen LogP contribution >= 0.6 is 11.8 Å². The number of para-hydroxylation sites is 1. The third-order valence-electron chi connectivity index (χ3n) is 5.20. The molecule has 3 amide bonds. The fourth-order valence-corrected chi connectivity index (χ4v) is 4.58. The van der Waals surface area contributed by atoms with Crippen LogP contribution in [0.5, 0.6) is 0 Å². The van der Waals surface area contributed by atoms with Gasteiger partial charge in [-0.3, -0.25) is 24.2 Å². The highest BCUT2D eigenvalue weighted by molar-refractivity contribution is 7.99. The van der Waals surface area contributed by atoms with E-state index in [4.69, 9.17) is 0 Å². The Balaban J connectivity index is 1.45. The van der Waals surface area contributed by atoms with Crippen molar-refractivity contribution in [1.82, 2.24) is 4.90 Å². The zero-order chi connectivity index (χ0) is 20.2. The van der Waals surface area contributed by atoms with Crippen molar-refractivity contribution in [3.05, 3.63) is 59.7 Å². The number of benzene rings is 2. The molecule has 2 heterocycles. The number of amides is 3. The SMILES string of the molecule is O=C(Nc1ccccc1CN1CCSCC1)c1ccc(N2C(=O)CCC2=O)cc1. The highest BCUT2D eigenvalue weighted by Crippen LogP contribution is 2.24. The molecule has 7 heteroatoms. The molecule has 2 aliphatic heterocycles. The first-order chi connectivity index (χ1) is 14.1. The Kier molecular flexibility index (Phi) is 5.97. The van der Waals surface area contributed by atoms with Gasteiger partial charge in [-0.25, -0.2) is 0 Å². The molecule has 0 aliphatic carbocycles. The summed E-state index contributed by atoms with van der Waals surface area (Å²) in [6.07, 6.45) is 0.487. The van der Waals surface area contributed by atoms with Gasteiger partial charge < -0.3 is 5.32 Å². The maximum absolute atomic E-state index is 12.7. The number of hydrogen-bond acceptors (Lipinski definition) is 5. The number of imide groups is 1. The minimum atomic E-state index is -0.211. The van der Waals surface area contributed by atoms with Gasteiger partial charge in [0.1, 0.15) is 0 Å². The van der Waals surface area contributed by atoms with E-state index in [1.165, 1.54) is 4.90 Å². The Morgan fingerprint density at radius 2 is 1.59 bits per heavy atom. The molecule has 2 fully saturated rings. The molecule has 4 rings (SSSR count). The van der Waals surface area contributed by atoms with Crippen LogP contribution in [0.4, 0.5) is 11.4 Å². The summed E-state index contributed by atoms with van der Waals surface area (Å²) in [6, 6.07) is 14.5. The molecule has 0 bridgehead atoms. The quantitative estimate of drug-likeness (QED) is 0.769. The van der Waals surface area contributed by atoms with Gasteiger partial charge in [-0.2, -0.15) is 11.8 Å². The summed E-state index contributed by atoms with van der Waals surface area (Å²) in [5.41, 5.74) is 2.90. The molecule has 6 nitrogen and oxygen atoms in total. The number of nitrogens with one attached hydrogen (secondary N) is 1. The average molecular weight is 410 g/mol. The van der Waals surface area contributed by atoms with Gasteiger partial charge in [0.05, 0.1) is 5.69 Å². The van der Waals surface area contributed by atoms with Gasteiger partial charge in [0.2, 0.25) is 11.8 Å². The van der Waals surface area contributed by atoms with Gasteiger partial charge in [-0.05, 0) is 35.9 Å². The van der Waals surface area contributed by atoms with E-state index in [2.05, 4.69) is 10.2 Å². The van der Waals surface area contributed by atoms with Crippen LogP contribution in [0.3, 0.4) is 0 Å². The Morgan fingerprint density at radius 3 is 2.28 bits per heavy atom. The second kappa shape index (κ2) is 8.80. The molecule has 2 aromatic carbocycles. The summed E-state index contributed by atoms with van der Waals surface area (Å²) in [5.74, 6) is 1.68. The van der Waals surface area contributed by atoms with Crippen LogP contribution in [-0.4, -0.2) is 47.2 Å². The lowest BCUT2D eigenvalue weighted by Gasteiger charge is -2.27. The minimum Gasteiger partial charge on any atom is -0.322 e. The van der Waals surface area contributed by atoms with E-state index >= 15 is 0 Å². The maximum Gasteiger partial charge on any atom is 0.255 e. The standard InChI is InChI=1S/C22H23N3O3S/c26-20-9-10-21(27)25(20)18-7-5-16(6-8-18)22(28)23-19-4-2-1-3-17(19)15-24-11-13-29-14-12-24/h1-8H,9-15H2,(H,23,28). The van der Waals surface area contributed by atoms with Crippen LogP contribution in [0.25, 0.3) is 0 Å². The van der Waals surface area contributed by atoms with Crippen LogP contribution in [0.1, 0.15) is 28.8 Å². The van der Waals surface area contributed by atoms with E-state index in [-0.39, 0.29) is 30.6 Å². The van der Waals surface area contributed by atoms with Gasteiger partial charge in [-0.15, -0.1) is 0 Å². The van der Waals surface area contributed by atoms with Crippen molar-refractivity contribution >= 4 is 40.9 Å². The lowest BCUT2D eigenvalue weighted by molar-refractivity contribution is -0.121. The molecular weight excluding hydrogens is 386 g/mol. The maximum atomic E-state index is 12.7. The Labute approximate surface area is 174 Å². The number of carbonyl (C=O) groups excluding carboxylic acids is 3. The zero-order valence-corrected chi connectivity index (χ0v) is 16.9. The number of nitrogens with zero attached hydrogens (tertiary/aromatic N) is 2. The van der Waals surface area contributed by atoms with Crippen molar-refractivity contribution in [3.8, 4) is 0 Å². The van der Waals surface area contributed by atoms with Gasteiger partial charge in [0.25, 0.3) is 5.91 Å². The third kappa shape index (κ3) is 4.52. The van der Waals surface area contributed by atoms with Gasteiger partial charge in [0.15, 0.2) is 0 Å². The van der Waals surface area contributed by atoms with Gasteiger partial charge in [0, 0.05) is 55.2 Å².